The third kappa shape index (κ3) is 7.28. The van der Waals surface area contributed by atoms with Gasteiger partial charge in [-0.1, -0.05) is 0 Å². The van der Waals surface area contributed by atoms with Gasteiger partial charge in [-0.2, -0.15) is 0 Å². The fourth-order valence-corrected chi connectivity index (χ4v) is 1.77. The first-order chi connectivity index (χ1) is 9.76. The normalized spacial score (nSPS) is 10.7. The van der Waals surface area contributed by atoms with E-state index in [4.69, 9.17) is 9.47 Å². The maximum atomic E-state index is 11.7. The van der Waals surface area contributed by atoms with Crippen molar-refractivity contribution < 1.29 is 14.3 Å². The van der Waals surface area contributed by atoms with Gasteiger partial charge in [0, 0.05) is 52.9 Å². The van der Waals surface area contributed by atoms with E-state index in [1.165, 1.54) is 0 Å². The van der Waals surface area contributed by atoms with Gasteiger partial charge >= 0.3 is 0 Å². The number of nitrogens with one attached hydrogen (secondary N) is 2. The summed E-state index contributed by atoms with van der Waals surface area (Å²) in [5, 5.41) is 6.13. The Balaban J connectivity index is 2.20. The van der Waals surface area contributed by atoms with Crippen LogP contribution in [0.4, 0.5) is 0 Å². The molecule has 0 atom stereocenters. The Morgan fingerprint density at radius 2 is 2.05 bits per heavy atom. The molecule has 114 valence electrons. The van der Waals surface area contributed by atoms with Gasteiger partial charge in [0.1, 0.15) is 6.54 Å². The molecule has 2 N–H and O–H groups in total. The highest BCUT2D eigenvalue weighted by Crippen LogP contribution is 2.00. The summed E-state index contributed by atoms with van der Waals surface area (Å²) >= 11 is 0. The molecule has 0 bridgehead atoms. The molecule has 20 heavy (non-hydrogen) atoms. The van der Waals surface area contributed by atoms with Gasteiger partial charge in [0.25, 0.3) is 0 Å². The second-order valence-electron chi connectivity index (χ2n) is 4.56. The monoisotopic (exact) mass is 283 g/mol. The van der Waals surface area contributed by atoms with Crippen LogP contribution in [-0.4, -0.2) is 51.0 Å². The molecule has 0 aliphatic heterocycles. The van der Waals surface area contributed by atoms with Crippen LogP contribution < -0.4 is 10.6 Å². The molecule has 1 heterocycles. The van der Waals surface area contributed by atoms with E-state index in [-0.39, 0.29) is 5.91 Å². The number of aromatic nitrogens is 1. The summed E-state index contributed by atoms with van der Waals surface area (Å²) in [6, 6.07) is 2.01. The SMILES string of the molecule is COCCCNC(=O)Cn1ccc(CNCCOC)c1. The highest BCUT2D eigenvalue weighted by molar-refractivity contribution is 5.75. The van der Waals surface area contributed by atoms with Gasteiger partial charge in [-0.3, -0.25) is 4.79 Å². The van der Waals surface area contributed by atoms with Gasteiger partial charge in [0.15, 0.2) is 0 Å². The van der Waals surface area contributed by atoms with Crippen molar-refractivity contribution >= 4 is 5.91 Å². The number of amides is 1. The van der Waals surface area contributed by atoms with Crippen molar-refractivity contribution in [1.82, 2.24) is 15.2 Å². The third-order valence-corrected chi connectivity index (χ3v) is 2.80. The van der Waals surface area contributed by atoms with E-state index in [0.29, 0.717) is 26.3 Å². The Morgan fingerprint density at radius 3 is 2.80 bits per heavy atom. The van der Waals surface area contributed by atoms with Crippen molar-refractivity contribution in [1.29, 1.82) is 0 Å². The van der Waals surface area contributed by atoms with Crippen LogP contribution in [0.3, 0.4) is 0 Å². The summed E-state index contributed by atoms with van der Waals surface area (Å²) < 4.78 is 11.8. The smallest absolute Gasteiger partial charge is 0.239 e. The van der Waals surface area contributed by atoms with Gasteiger partial charge in [-0.25, -0.2) is 0 Å². The summed E-state index contributed by atoms with van der Waals surface area (Å²) in [5.41, 5.74) is 1.16. The zero-order valence-corrected chi connectivity index (χ0v) is 12.4. The van der Waals surface area contributed by atoms with E-state index in [1.54, 1.807) is 14.2 Å². The van der Waals surface area contributed by atoms with Crippen LogP contribution >= 0.6 is 0 Å². The number of nitrogens with zero attached hydrogens (tertiary/aromatic N) is 1. The molecule has 6 heteroatoms. The van der Waals surface area contributed by atoms with Crippen molar-refractivity contribution in [2.75, 3.05) is 40.5 Å². The van der Waals surface area contributed by atoms with Crippen molar-refractivity contribution in [3.05, 3.63) is 24.0 Å². The summed E-state index contributed by atoms with van der Waals surface area (Å²) in [7, 11) is 3.34. The van der Waals surface area contributed by atoms with E-state index in [0.717, 1.165) is 25.1 Å². The first kappa shape index (κ1) is 16.7. The minimum absolute atomic E-state index is 0.0237. The predicted octanol–water partition coefficient (Wildman–Crippen LogP) is 0.377. The number of hydrogen-bond acceptors (Lipinski definition) is 4. The number of methoxy groups -OCH3 is 2. The molecular formula is C14H25N3O3. The topological polar surface area (TPSA) is 64.5 Å². The Bertz CT molecular complexity index is 379. The van der Waals surface area contributed by atoms with Gasteiger partial charge in [0.05, 0.1) is 6.61 Å². The molecule has 0 aromatic carbocycles. The predicted molar refractivity (Wildman–Crippen MR) is 77.5 cm³/mol. The van der Waals surface area contributed by atoms with Crippen molar-refractivity contribution in [3.8, 4) is 0 Å². The van der Waals surface area contributed by atoms with Gasteiger partial charge in [-0.15, -0.1) is 0 Å². The lowest BCUT2D eigenvalue weighted by molar-refractivity contribution is -0.121. The van der Waals surface area contributed by atoms with Gasteiger partial charge < -0.3 is 24.7 Å². The van der Waals surface area contributed by atoms with E-state index in [9.17, 15) is 4.79 Å². The Morgan fingerprint density at radius 1 is 1.25 bits per heavy atom. The van der Waals surface area contributed by atoms with E-state index in [2.05, 4.69) is 10.6 Å². The average Bonchev–Trinajstić information content (AvgIpc) is 2.87. The van der Waals surface area contributed by atoms with Crippen LogP contribution in [0, 0.1) is 0 Å². The fraction of sp³-hybridized carbons (Fsp3) is 0.643. The number of hydrogen-bond donors (Lipinski definition) is 2. The third-order valence-electron chi connectivity index (χ3n) is 2.80. The maximum absolute atomic E-state index is 11.7. The van der Waals surface area contributed by atoms with Crippen LogP contribution in [0.15, 0.2) is 18.5 Å². The number of carbonyl (C=O) groups excluding carboxylic acids is 1. The summed E-state index contributed by atoms with van der Waals surface area (Å²) in [6.45, 7) is 3.98. The van der Waals surface area contributed by atoms with Crippen molar-refractivity contribution in [3.63, 3.8) is 0 Å². The first-order valence-electron chi connectivity index (χ1n) is 6.86. The molecule has 1 amide bonds. The molecule has 1 aromatic rings. The van der Waals surface area contributed by atoms with E-state index >= 15 is 0 Å². The largest absolute Gasteiger partial charge is 0.385 e. The zero-order valence-electron chi connectivity index (χ0n) is 12.4. The Hall–Kier alpha value is -1.37. The van der Waals surface area contributed by atoms with E-state index in [1.807, 2.05) is 23.0 Å². The molecule has 0 aliphatic carbocycles. The minimum Gasteiger partial charge on any atom is -0.385 e. The second kappa shape index (κ2) is 10.4. The number of rotatable bonds is 11. The van der Waals surface area contributed by atoms with E-state index < -0.39 is 0 Å². The summed E-state index contributed by atoms with van der Waals surface area (Å²) in [5.74, 6) is 0.0237. The minimum atomic E-state index is 0.0237. The molecule has 0 fully saturated rings. The van der Waals surface area contributed by atoms with Crippen LogP contribution in [-0.2, 0) is 27.4 Å². The molecule has 1 rings (SSSR count). The lowest BCUT2D eigenvalue weighted by Gasteiger charge is -2.05. The van der Waals surface area contributed by atoms with Gasteiger partial charge in [0.2, 0.25) is 5.91 Å². The van der Waals surface area contributed by atoms with Gasteiger partial charge in [-0.05, 0) is 18.1 Å². The van der Waals surface area contributed by atoms with Crippen molar-refractivity contribution in [2.45, 2.75) is 19.5 Å². The fourth-order valence-electron chi connectivity index (χ4n) is 1.77. The van der Waals surface area contributed by atoms with Crippen LogP contribution in [0.25, 0.3) is 0 Å². The Labute approximate surface area is 120 Å². The number of ether oxygens (including phenoxy) is 2. The molecule has 0 saturated carbocycles. The quantitative estimate of drug-likeness (QED) is 0.576. The molecule has 0 aliphatic rings. The van der Waals surface area contributed by atoms with Crippen LogP contribution in [0.2, 0.25) is 0 Å². The summed E-state index contributed by atoms with van der Waals surface area (Å²) in [6.07, 6.45) is 4.74. The van der Waals surface area contributed by atoms with Crippen molar-refractivity contribution in [2.24, 2.45) is 0 Å². The zero-order chi connectivity index (χ0) is 14.6. The van der Waals surface area contributed by atoms with Crippen LogP contribution in [0.1, 0.15) is 12.0 Å². The molecule has 6 nitrogen and oxygen atoms in total. The standard InChI is InChI=1S/C14H25N3O3/c1-19-8-3-5-16-14(18)12-17-7-4-13(11-17)10-15-6-9-20-2/h4,7,11,15H,3,5-6,8-10,12H2,1-2H3,(H,16,18). The van der Waals surface area contributed by atoms with Crippen LogP contribution in [0.5, 0.6) is 0 Å². The first-order valence-corrected chi connectivity index (χ1v) is 6.86. The average molecular weight is 283 g/mol. The molecule has 0 saturated heterocycles. The highest BCUT2D eigenvalue weighted by atomic mass is 16.5. The molecular weight excluding hydrogens is 258 g/mol. The molecule has 0 radical (unpaired) electrons. The highest BCUT2D eigenvalue weighted by Gasteiger charge is 2.03. The Kier molecular flexibility index (Phi) is 8.69. The molecule has 0 unspecified atom stereocenters. The lowest BCUT2D eigenvalue weighted by atomic mass is 10.3. The molecule has 0 spiro atoms. The second-order valence-corrected chi connectivity index (χ2v) is 4.56. The molecule has 1 aromatic heterocycles. The number of carbonyl (C=O) groups is 1. The summed E-state index contributed by atoms with van der Waals surface area (Å²) in [4.78, 5) is 11.7. The lowest BCUT2D eigenvalue weighted by Crippen LogP contribution is -2.28. The maximum Gasteiger partial charge on any atom is 0.239 e.